The van der Waals surface area contributed by atoms with E-state index in [2.05, 4.69) is 9.88 Å². The van der Waals surface area contributed by atoms with Crippen molar-refractivity contribution in [2.45, 2.75) is 25.9 Å². The fourth-order valence-corrected chi connectivity index (χ4v) is 4.37. The number of aromatic carboxylic acids is 1. The van der Waals surface area contributed by atoms with E-state index >= 15 is 0 Å². The number of hydrogen-bond acceptors (Lipinski definition) is 5. The zero-order valence-corrected chi connectivity index (χ0v) is 26.8. The Morgan fingerprint density at radius 2 is 1.77 bits per heavy atom. The number of carboxylic acid groups (broad SMARTS) is 1. The molecule has 3 aliphatic heterocycles. The molecule has 0 unspecified atom stereocenters. The van der Waals surface area contributed by atoms with Gasteiger partial charge in [0.2, 0.25) is 0 Å². The molecule has 0 amide bonds. The summed E-state index contributed by atoms with van der Waals surface area (Å²) in [7, 11) is 0. The van der Waals surface area contributed by atoms with Gasteiger partial charge in [-0.1, -0.05) is 0 Å². The van der Waals surface area contributed by atoms with Crippen LogP contribution in [0.15, 0.2) is 24.4 Å². The summed E-state index contributed by atoms with van der Waals surface area (Å²) in [4.78, 5) is 19.4. The second-order valence-corrected chi connectivity index (χ2v) is 7.86. The van der Waals surface area contributed by atoms with E-state index in [0.717, 1.165) is 35.1 Å². The van der Waals surface area contributed by atoms with Gasteiger partial charge in [-0.25, -0.2) is 9.78 Å². The van der Waals surface area contributed by atoms with E-state index in [1.165, 1.54) is 12.8 Å². The van der Waals surface area contributed by atoms with E-state index in [1.54, 1.807) is 29.7 Å². The summed E-state index contributed by atoms with van der Waals surface area (Å²) >= 11 is 1.56. The third-order valence-corrected chi connectivity index (χ3v) is 5.87. The van der Waals surface area contributed by atoms with Gasteiger partial charge in [0.05, 0.1) is 5.56 Å². The maximum atomic E-state index is 11.5. The van der Waals surface area contributed by atoms with Gasteiger partial charge >= 0.3 is 94.6 Å². The third kappa shape index (κ3) is 8.95. The van der Waals surface area contributed by atoms with Gasteiger partial charge in [-0.3, -0.25) is 4.90 Å². The van der Waals surface area contributed by atoms with Crippen molar-refractivity contribution in [2.24, 2.45) is 5.92 Å². The number of ether oxygens (including phenoxy) is 1. The van der Waals surface area contributed by atoms with Gasteiger partial charge in [-0.2, -0.15) is 0 Å². The van der Waals surface area contributed by atoms with Gasteiger partial charge in [-0.15, -0.1) is 11.3 Å². The van der Waals surface area contributed by atoms with Crippen molar-refractivity contribution in [1.29, 1.82) is 0 Å². The molecule has 3 fully saturated rings. The van der Waals surface area contributed by atoms with Crippen LogP contribution < -0.4 is 131 Å². The van der Waals surface area contributed by atoms with Crippen LogP contribution in [0, 0.1) is 12.8 Å². The van der Waals surface area contributed by atoms with Crippen LogP contribution in [-0.2, 0) is 0 Å². The fourth-order valence-electron chi connectivity index (χ4n) is 3.62. The van der Waals surface area contributed by atoms with Crippen LogP contribution in [0.5, 0.6) is 5.75 Å². The molecular weight excluding hydrogens is 500 g/mol. The van der Waals surface area contributed by atoms with Crippen molar-refractivity contribution in [3.8, 4) is 16.3 Å². The van der Waals surface area contributed by atoms with Crippen LogP contribution in [0.25, 0.3) is 10.6 Å². The average molecular weight is 520 g/mol. The number of rotatable bonds is 4. The first kappa shape index (κ1) is 36.5. The molecule has 0 aliphatic carbocycles. The number of aryl methyl sites for hydroxylation is 1. The number of hydrogen-bond donors (Lipinski definition) is 1. The van der Waals surface area contributed by atoms with Crippen LogP contribution in [-0.4, -0.2) is 46.7 Å². The van der Waals surface area contributed by atoms with Crippen molar-refractivity contribution in [1.82, 2.24) is 9.88 Å². The molecule has 3 aliphatic rings. The normalized spacial score (nSPS) is 20.5. The van der Waals surface area contributed by atoms with Crippen LogP contribution in [0.4, 0.5) is 0 Å². The van der Waals surface area contributed by atoms with Crippen molar-refractivity contribution >= 4 is 17.3 Å². The Hall–Kier alpha value is 1.95. The number of aromatic nitrogens is 1. The Labute approximate surface area is 266 Å². The first-order valence-electron chi connectivity index (χ1n) is 8.29. The van der Waals surface area contributed by atoms with Crippen LogP contribution >= 0.6 is 11.3 Å². The molecular formula is C18H20Cl3N2Na3O3S. The summed E-state index contributed by atoms with van der Waals surface area (Å²) in [6, 6.07) is 5.22. The van der Waals surface area contributed by atoms with Crippen LogP contribution in [0.3, 0.4) is 0 Å². The summed E-state index contributed by atoms with van der Waals surface area (Å²) in [5.41, 5.74) is 1.06. The predicted molar refractivity (Wildman–Crippen MR) is 92.8 cm³/mol. The molecule has 0 radical (unpaired) electrons. The number of carboxylic acids is 1. The molecule has 5 nitrogen and oxygen atoms in total. The van der Waals surface area contributed by atoms with E-state index in [0.29, 0.717) is 11.7 Å². The minimum atomic E-state index is -0.941. The molecule has 2 bridgehead atoms. The number of benzene rings is 1. The first-order valence-corrected chi connectivity index (χ1v) is 9.10. The molecule has 1 aromatic carbocycles. The molecule has 1 N–H and O–H groups in total. The number of piperidine rings is 3. The van der Waals surface area contributed by atoms with E-state index in [1.807, 2.05) is 13.0 Å². The van der Waals surface area contributed by atoms with E-state index in [-0.39, 0.29) is 138 Å². The van der Waals surface area contributed by atoms with Gasteiger partial charge in [-0.05, 0) is 57.0 Å². The van der Waals surface area contributed by atoms with Crippen molar-refractivity contribution in [3.05, 3.63) is 34.8 Å². The van der Waals surface area contributed by atoms with Crippen molar-refractivity contribution < 1.29 is 141 Å². The molecule has 30 heavy (non-hydrogen) atoms. The molecule has 3 saturated heterocycles. The average Bonchev–Trinajstić information content (AvgIpc) is 3.02. The number of halogens is 3. The van der Waals surface area contributed by atoms with E-state index in [9.17, 15) is 9.90 Å². The molecule has 1 aromatic heterocycles. The predicted octanol–water partition coefficient (Wildman–Crippen LogP) is -14.7. The quantitative estimate of drug-likeness (QED) is 0.407. The van der Waals surface area contributed by atoms with Crippen molar-refractivity contribution in [3.63, 3.8) is 0 Å². The maximum absolute atomic E-state index is 11.5. The summed E-state index contributed by atoms with van der Waals surface area (Å²) in [6.07, 6.45) is 4.30. The number of carbonyl (C=O) groups is 1. The zero-order chi connectivity index (χ0) is 16.7. The van der Waals surface area contributed by atoms with E-state index < -0.39 is 5.97 Å². The Bertz CT molecular complexity index is 793. The largest absolute Gasteiger partial charge is 1.00 e. The number of fused-ring (bicyclic) bond motifs is 3. The SMILES string of the molecule is Cc1cnc(-c2cc(O[C@@H]3CN4CCC3CC4)cc(C(=O)O)c2)s1.[Cl-].[Cl-].[Cl-].[Na+].[Na+].[Na+]. The van der Waals surface area contributed by atoms with E-state index in [4.69, 9.17) is 4.74 Å². The Kier molecular flexibility index (Phi) is 20.2. The molecule has 12 heteroatoms. The molecule has 5 rings (SSSR count). The topological polar surface area (TPSA) is 62.7 Å². The van der Waals surface area contributed by atoms with Crippen molar-refractivity contribution in [2.75, 3.05) is 19.6 Å². The third-order valence-electron chi connectivity index (χ3n) is 4.91. The van der Waals surface area contributed by atoms with Gasteiger partial charge < -0.3 is 47.1 Å². The van der Waals surface area contributed by atoms with Gasteiger partial charge in [0, 0.05) is 23.2 Å². The summed E-state index contributed by atoms with van der Waals surface area (Å²) in [5, 5.41) is 10.2. The van der Waals surface area contributed by atoms with Gasteiger partial charge in [0.25, 0.3) is 0 Å². The molecule has 4 heterocycles. The Balaban J connectivity index is -0.00000121. The second-order valence-electron chi connectivity index (χ2n) is 6.62. The van der Waals surface area contributed by atoms with Gasteiger partial charge in [0.1, 0.15) is 16.9 Å². The molecule has 2 aromatic rings. The first-order chi connectivity index (χ1) is 11.6. The maximum Gasteiger partial charge on any atom is 1.00 e. The second kappa shape index (κ2) is 16.6. The number of nitrogens with zero attached hydrogens (tertiary/aromatic N) is 2. The summed E-state index contributed by atoms with van der Waals surface area (Å²) < 4.78 is 6.22. The smallest absolute Gasteiger partial charge is 1.00 e. The summed E-state index contributed by atoms with van der Waals surface area (Å²) in [5.74, 6) is 0.273. The minimum Gasteiger partial charge on any atom is -1.00 e. The van der Waals surface area contributed by atoms with Crippen LogP contribution in [0.2, 0.25) is 0 Å². The molecule has 1 atom stereocenters. The summed E-state index contributed by atoms with van der Waals surface area (Å²) in [6.45, 7) is 5.24. The van der Waals surface area contributed by atoms with Crippen LogP contribution in [0.1, 0.15) is 28.1 Å². The minimum absolute atomic E-state index is 0. The molecule has 150 valence electrons. The number of thiazole rings is 1. The standard InChI is InChI=1S/C18H20N2O3S.3ClH.3Na/c1-11-9-19-17(24-11)13-6-14(18(21)22)8-15(7-13)23-16-10-20-4-2-12(16)3-5-20;;;;;;/h6-9,12,16H,2-5,10H2,1H3,(H,21,22);3*1H;;;/q;;;;3*+1/p-3/t16-;;;;;;/m1....../s1. The van der Waals surface area contributed by atoms with Gasteiger partial charge in [0.15, 0.2) is 0 Å². The Morgan fingerprint density at radius 1 is 1.13 bits per heavy atom. The zero-order valence-electron chi connectivity index (χ0n) is 17.7. The molecule has 0 saturated carbocycles. The monoisotopic (exact) mass is 518 g/mol. The Morgan fingerprint density at radius 3 is 2.23 bits per heavy atom. The molecule has 0 spiro atoms. The fraction of sp³-hybridized carbons (Fsp3) is 0.444.